The van der Waals surface area contributed by atoms with E-state index in [1.54, 1.807) is 42.6 Å². The molecule has 0 radical (unpaired) electrons. The number of aryl methyl sites for hydroxylation is 1. The number of nitrogens with zero attached hydrogens (tertiary/aromatic N) is 1. The molecule has 2 N–H and O–H groups in total. The molecule has 2 amide bonds. The van der Waals surface area contributed by atoms with E-state index >= 15 is 0 Å². The van der Waals surface area contributed by atoms with Gasteiger partial charge in [0.25, 0.3) is 11.8 Å². The molecule has 0 spiro atoms. The van der Waals surface area contributed by atoms with Crippen LogP contribution in [0.5, 0.6) is 11.5 Å². The van der Waals surface area contributed by atoms with Crippen molar-refractivity contribution in [2.75, 3.05) is 19.5 Å². The Morgan fingerprint density at radius 1 is 1.06 bits per heavy atom. The van der Waals surface area contributed by atoms with Crippen LogP contribution < -0.4 is 20.2 Å². The predicted octanol–water partition coefficient (Wildman–Crippen LogP) is 4.23. The van der Waals surface area contributed by atoms with Gasteiger partial charge in [-0.3, -0.25) is 9.59 Å². The van der Waals surface area contributed by atoms with Gasteiger partial charge in [-0.05, 0) is 53.8 Å². The molecule has 0 saturated heterocycles. The van der Waals surface area contributed by atoms with Crippen LogP contribution in [-0.4, -0.2) is 32.2 Å². The number of carbonyl (C=O) groups is 2. The van der Waals surface area contributed by atoms with Crippen LogP contribution in [0, 0.1) is 12.7 Å². The minimum Gasteiger partial charge on any atom is -0.493 e. The topological polar surface area (TPSA) is 89.0 Å². The summed E-state index contributed by atoms with van der Waals surface area (Å²) in [5, 5.41) is 8.77. The maximum Gasteiger partial charge on any atom is 0.274 e. The van der Waals surface area contributed by atoms with E-state index in [9.17, 15) is 14.0 Å². The highest BCUT2D eigenvalue weighted by Gasteiger charge is 2.19. The molecule has 160 valence electrons. The summed E-state index contributed by atoms with van der Waals surface area (Å²) in [5.74, 6) is -0.373. The van der Waals surface area contributed by atoms with Gasteiger partial charge in [-0.15, -0.1) is 11.3 Å². The van der Waals surface area contributed by atoms with Crippen molar-refractivity contribution in [2.45, 2.75) is 6.92 Å². The second kappa shape index (κ2) is 9.86. The molecule has 0 aliphatic heterocycles. The first kappa shape index (κ1) is 22.0. The smallest absolute Gasteiger partial charge is 0.274 e. The van der Waals surface area contributed by atoms with Gasteiger partial charge in [-0.1, -0.05) is 12.1 Å². The van der Waals surface area contributed by atoms with E-state index in [2.05, 4.69) is 15.8 Å². The Morgan fingerprint density at radius 3 is 2.55 bits per heavy atom. The van der Waals surface area contributed by atoms with Crippen LogP contribution >= 0.6 is 11.3 Å². The van der Waals surface area contributed by atoms with E-state index in [-0.39, 0.29) is 0 Å². The Bertz CT molecular complexity index is 1140. The Labute approximate surface area is 182 Å². The summed E-state index contributed by atoms with van der Waals surface area (Å²) in [6.07, 6.45) is 1.34. The predicted molar refractivity (Wildman–Crippen MR) is 118 cm³/mol. The molecule has 3 aromatic rings. The summed E-state index contributed by atoms with van der Waals surface area (Å²) in [5.41, 5.74) is 4.25. The molecular weight excluding hydrogens is 421 g/mol. The molecule has 1 heterocycles. The van der Waals surface area contributed by atoms with Gasteiger partial charge in [0.1, 0.15) is 10.8 Å². The number of methoxy groups -OCH3 is 2. The van der Waals surface area contributed by atoms with Gasteiger partial charge in [-0.2, -0.15) is 5.10 Å². The lowest BCUT2D eigenvalue weighted by atomic mass is 10.1. The Balaban J connectivity index is 1.74. The maximum absolute atomic E-state index is 13.2. The molecule has 0 saturated carbocycles. The van der Waals surface area contributed by atoms with Crippen LogP contribution in [0.1, 0.15) is 31.8 Å². The molecule has 0 aliphatic rings. The number of ether oxygens (including phenoxy) is 2. The van der Waals surface area contributed by atoms with Crippen molar-refractivity contribution in [2.24, 2.45) is 5.10 Å². The van der Waals surface area contributed by atoms with Gasteiger partial charge >= 0.3 is 0 Å². The van der Waals surface area contributed by atoms with E-state index in [4.69, 9.17) is 9.47 Å². The van der Waals surface area contributed by atoms with E-state index in [0.717, 1.165) is 0 Å². The first-order valence-electron chi connectivity index (χ1n) is 9.13. The fourth-order valence-electron chi connectivity index (χ4n) is 2.78. The van der Waals surface area contributed by atoms with E-state index < -0.39 is 17.6 Å². The lowest BCUT2D eigenvalue weighted by molar-refractivity contribution is 0.0956. The molecule has 0 aliphatic carbocycles. The summed E-state index contributed by atoms with van der Waals surface area (Å²) in [6.45, 7) is 1.76. The SMILES string of the molecule is COc1ccc(C(=O)Nc2scc(C)c2C(=O)NN=Cc2cccc(F)c2)cc1OC. The molecule has 2 aromatic carbocycles. The monoisotopic (exact) mass is 441 g/mol. The first-order chi connectivity index (χ1) is 14.9. The standard InChI is InChI=1S/C22H20FN3O4S/c1-13-12-31-22(25-20(27)15-7-8-17(29-2)18(10-15)30-3)19(13)21(28)26-24-11-14-5-4-6-16(23)9-14/h4-12H,1-3H3,(H,25,27)(H,26,28). The summed E-state index contributed by atoms with van der Waals surface area (Å²) in [7, 11) is 2.99. The fourth-order valence-corrected chi connectivity index (χ4v) is 3.72. The Morgan fingerprint density at radius 2 is 1.84 bits per heavy atom. The molecule has 0 bridgehead atoms. The number of benzene rings is 2. The second-order valence-electron chi connectivity index (χ2n) is 6.40. The molecule has 7 nitrogen and oxygen atoms in total. The number of amides is 2. The average Bonchev–Trinajstić information content (AvgIpc) is 3.13. The number of thiophene rings is 1. The number of hydrogen-bond acceptors (Lipinski definition) is 6. The third-order valence-corrected chi connectivity index (χ3v) is 5.32. The van der Waals surface area contributed by atoms with E-state index in [1.807, 2.05) is 0 Å². The lowest BCUT2D eigenvalue weighted by Gasteiger charge is -2.10. The highest BCUT2D eigenvalue weighted by Crippen LogP contribution is 2.30. The van der Waals surface area contributed by atoms with Crippen molar-refractivity contribution < 1.29 is 23.5 Å². The summed E-state index contributed by atoms with van der Waals surface area (Å²) >= 11 is 1.23. The zero-order chi connectivity index (χ0) is 22.4. The van der Waals surface area contributed by atoms with E-state index in [0.29, 0.717) is 38.8 Å². The summed E-state index contributed by atoms with van der Waals surface area (Å²) in [4.78, 5) is 25.3. The number of nitrogens with one attached hydrogen (secondary N) is 2. The van der Waals surface area contributed by atoms with Crippen LogP contribution in [0.2, 0.25) is 0 Å². The third kappa shape index (κ3) is 5.26. The van der Waals surface area contributed by atoms with Gasteiger partial charge in [0.15, 0.2) is 11.5 Å². The Hall–Kier alpha value is -3.72. The van der Waals surface area contributed by atoms with Crippen molar-refractivity contribution in [1.82, 2.24) is 5.43 Å². The molecule has 9 heteroatoms. The van der Waals surface area contributed by atoms with Crippen LogP contribution in [0.25, 0.3) is 0 Å². The largest absolute Gasteiger partial charge is 0.493 e. The minimum atomic E-state index is -0.492. The highest BCUT2D eigenvalue weighted by atomic mass is 32.1. The zero-order valence-corrected chi connectivity index (χ0v) is 17.9. The summed E-state index contributed by atoms with van der Waals surface area (Å²) in [6, 6.07) is 10.6. The van der Waals surface area contributed by atoms with Gasteiger partial charge < -0.3 is 14.8 Å². The molecule has 0 unspecified atom stereocenters. The van der Waals surface area contributed by atoms with Crippen molar-refractivity contribution in [3.8, 4) is 11.5 Å². The molecular formula is C22H20FN3O4S. The molecule has 31 heavy (non-hydrogen) atoms. The number of hydrogen-bond donors (Lipinski definition) is 2. The van der Waals surface area contributed by atoms with Crippen LogP contribution in [0.3, 0.4) is 0 Å². The fraction of sp³-hybridized carbons (Fsp3) is 0.136. The van der Waals surface area contributed by atoms with E-state index in [1.165, 1.54) is 43.9 Å². The number of hydrazone groups is 1. The number of anilines is 1. The number of carbonyl (C=O) groups excluding carboxylic acids is 2. The maximum atomic E-state index is 13.2. The third-order valence-electron chi connectivity index (χ3n) is 4.30. The molecule has 0 fully saturated rings. The van der Waals surface area contributed by atoms with Crippen LogP contribution in [0.15, 0.2) is 52.9 Å². The quantitative estimate of drug-likeness (QED) is 0.424. The lowest BCUT2D eigenvalue weighted by Crippen LogP contribution is -2.21. The first-order valence-corrected chi connectivity index (χ1v) is 10.0. The van der Waals surface area contributed by atoms with Crippen molar-refractivity contribution in [3.63, 3.8) is 0 Å². The van der Waals surface area contributed by atoms with Gasteiger partial charge in [-0.25, -0.2) is 9.82 Å². The highest BCUT2D eigenvalue weighted by molar-refractivity contribution is 7.15. The number of rotatable bonds is 7. The van der Waals surface area contributed by atoms with Crippen molar-refractivity contribution in [3.05, 3.63) is 75.9 Å². The average molecular weight is 441 g/mol. The molecule has 1 aromatic heterocycles. The van der Waals surface area contributed by atoms with Crippen molar-refractivity contribution in [1.29, 1.82) is 0 Å². The zero-order valence-electron chi connectivity index (χ0n) is 17.1. The molecule has 3 rings (SSSR count). The van der Waals surface area contributed by atoms with Crippen LogP contribution in [-0.2, 0) is 0 Å². The second-order valence-corrected chi connectivity index (χ2v) is 7.28. The number of halogens is 1. The van der Waals surface area contributed by atoms with Gasteiger partial charge in [0.2, 0.25) is 0 Å². The molecule has 0 atom stereocenters. The van der Waals surface area contributed by atoms with Gasteiger partial charge in [0.05, 0.1) is 26.0 Å². The normalized spacial score (nSPS) is 10.7. The van der Waals surface area contributed by atoms with Crippen molar-refractivity contribution >= 4 is 34.4 Å². The van der Waals surface area contributed by atoms with Crippen LogP contribution in [0.4, 0.5) is 9.39 Å². The summed E-state index contributed by atoms with van der Waals surface area (Å²) < 4.78 is 23.6. The Kier molecular flexibility index (Phi) is 6.99. The minimum absolute atomic E-state index is 0.301. The van der Waals surface area contributed by atoms with Gasteiger partial charge in [0, 0.05) is 5.56 Å².